The van der Waals surface area contributed by atoms with Gasteiger partial charge in [-0.2, -0.15) is 0 Å². The average Bonchev–Trinajstić information content (AvgIpc) is 2.53. The van der Waals surface area contributed by atoms with Gasteiger partial charge in [0, 0.05) is 5.56 Å². The van der Waals surface area contributed by atoms with Crippen LogP contribution in [0.3, 0.4) is 0 Å². The number of rotatable bonds is 5. The molecule has 3 N–H and O–H groups in total. The first-order chi connectivity index (χ1) is 10.1. The Balaban J connectivity index is 2.07. The van der Waals surface area contributed by atoms with E-state index in [0.717, 1.165) is 11.1 Å². The van der Waals surface area contributed by atoms with Crippen LogP contribution < -0.4 is 10.5 Å². The third-order valence-electron chi connectivity index (χ3n) is 2.97. The molecule has 0 aliphatic heterocycles. The predicted octanol–water partition coefficient (Wildman–Crippen LogP) is 2.19. The van der Waals surface area contributed by atoms with E-state index in [1.807, 2.05) is 24.3 Å². The Morgan fingerprint density at radius 2 is 1.57 bits per heavy atom. The van der Waals surface area contributed by atoms with E-state index < -0.39 is 5.97 Å². The number of hydrogen-bond acceptors (Lipinski definition) is 4. The highest BCUT2D eigenvalue weighted by Gasteiger charge is 2.03. The summed E-state index contributed by atoms with van der Waals surface area (Å²) >= 11 is 0. The summed E-state index contributed by atoms with van der Waals surface area (Å²) in [6.45, 7) is -0.108. The normalized spacial score (nSPS) is 9.95. The topological polar surface area (TPSA) is 85.4 Å². The van der Waals surface area contributed by atoms with Crippen molar-refractivity contribution in [1.82, 2.24) is 0 Å². The summed E-state index contributed by atoms with van der Waals surface area (Å²) in [6.07, 6.45) is 0. The number of carbonyl (C=O) groups excluding carboxylic acids is 1. The van der Waals surface area contributed by atoms with Crippen LogP contribution in [0.5, 0.6) is 5.75 Å². The van der Waals surface area contributed by atoms with Crippen LogP contribution in [-0.2, 0) is 9.53 Å². The molecule has 0 unspecified atom stereocenters. The first-order valence-electron chi connectivity index (χ1n) is 6.34. The van der Waals surface area contributed by atoms with Gasteiger partial charge in [-0.3, -0.25) is 5.41 Å². The lowest BCUT2D eigenvalue weighted by molar-refractivity contribution is -0.142. The number of methoxy groups -OCH3 is 1. The zero-order valence-corrected chi connectivity index (χ0v) is 11.6. The molecule has 21 heavy (non-hydrogen) atoms. The van der Waals surface area contributed by atoms with Crippen LogP contribution >= 0.6 is 0 Å². The smallest absolute Gasteiger partial charge is 0.343 e. The molecule has 0 amide bonds. The molecule has 0 spiro atoms. The van der Waals surface area contributed by atoms with E-state index in [1.54, 1.807) is 24.3 Å². The number of esters is 1. The number of nitrogens with two attached hydrogens (primary N) is 1. The van der Waals surface area contributed by atoms with Crippen LogP contribution in [-0.4, -0.2) is 25.5 Å². The van der Waals surface area contributed by atoms with Gasteiger partial charge in [0.1, 0.15) is 11.6 Å². The van der Waals surface area contributed by atoms with Gasteiger partial charge in [-0.15, -0.1) is 0 Å². The molecular weight excluding hydrogens is 268 g/mol. The van der Waals surface area contributed by atoms with E-state index in [2.05, 4.69) is 4.74 Å². The third kappa shape index (κ3) is 3.82. The summed E-state index contributed by atoms with van der Waals surface area (Å²) in [4.78, 5) is 11.0. The molecule has 0 fully saturated rings. The molecule has 0 atom stereocenters. The first-order valence-corrected chi connectivity index (χ1v) is 6.34. The second-order valence-corrected chi connectivity index (χ2v) is 4.38. The molecule has 0 bridgehead atoms. The molecule has 0 radical (unpaired) electrons. The summed E-state index contributed by atoms with van der Waals surface area (Å²) in [5, 5.41) is 7.36. The van der Waals surface area contributed by atoms with Crippen molar-refractivity contribution in [2.45, 2.75) is 0 Å². The van der Waals surface area contributed by atoms with Crippen LogP contribution in [0.4, 0.5) is 0 Å². The van der Waals surface area contributed by atoms with Crippen molar-refractivity contribution in [1.29, 1.82) is 5.41 Å². The van der Waals surface area contributed by atoms with Gasteiger partial charge < -0.3 is 15.2 Å². The van der Waals surface area contributed by atoms with Crippen molar-refractivity contribution in [2.24, 2.45) is 5.73 Å². The average molecular weight is 284 g/mol. The second-order valence-electron chi connectivity index (χ2n) is 4.38. The van der Waals surface area contributed by atoms with Crippen molar-refractivity contribution in [3.05, 3.63) is 54.1 Å². The maximum atomic E-state index is 11.0. The fourth-order valence-electron chi connectivity index (χ4n) is 1.79. The number of carbonyl (C=O) groups is 1. The number of amidine groups is 1. The van der Waals surface area contributed by atoms with Crippen molar-refractivity contribution in [3.63, 3.8) is 0 Å². The maximum Gasteiger partial charge on any atom is 0.343 e. The number of nitrogen functional groups attached to an aromatic ring is 1. The van der Waals surface area contributed by atoms with E-state index in [1.165, 1.54) is 7.11 Å². The Kier molecular flexibility index (Phi) is 4.56. The quantitative estimate of drug-likeness (QED) is 0.500. The van der Waals surface area contributed by atoms with E-state index in [4.69, 9.17) is 15.9 Å². The van der Waals surface area contributed by atoms with Gasteiger partial charge >= 0.3 is 5.97 Å². The Morgan fingerprint density at radius 1 is 1.05 bits per heavy atom. The molecule has 2 aromatic carbocycles. The van der Waals surface area contributed by atoms with E-state index in [0.29, 0.717) is 11.3 Å². The summed E-state index contributed by atoms with van der Waals surface area (Å²) in [7, 11) is 1.32. The molecule has 0 aliphatic carbocycles. The summed E-state index contributed by atoms with van der Waals surface area (Å²) in [5.74, 6) is 0.233. The minimum Gasteiger partial charge on any atom is -0.482 e. The minimum absolute atomic E-state index is 0.0492. The number of benzene rings is 2. The van der Waals surface area contributed by atoms with Gasteiger partial charge in [0.25, 0.3) is 0 Å². The lowest BCUT2D eigenvalue weighted by atomic mass is 10.0. The largest absolute Gasteiger partial charge is 0.482 e. The van der Waals surface area contributed by atoms with Crippen molar-refractivity contribution < 1.29 is 14.3 Å². The third-order valence-corrected chi connectivity index (χ3v) is 2.97. The Bertz CT molecular complexity index is 634. The Labute approximate surface area is 122 Å². The zero-order chi connectivity index (χ0) is 15.2. The fourth-order valence-corrected chi connectivity index (χ4v) is 1.79. The number of ether oxygens (including phenoxy) is 2. The molecule has 108 valence electrons. The molecule has 5 nitrogen and oxygen atoms in total. The zero-order valence-electron chi connectivity index (χ0n) is 11.6. The molecule has 0 saturated heterocycles. The van der Waals surface area contributed by atoms with Crippen molar-refractivity contribution >= 4 is 11.8 Å². The van der Waals surface area contributed by atoms with Crippen LogP contribution in [0.1, 0.15) is 5.56 Å². The van der Waals surface area contributed by atoms with Gasteiger partial charge in [-0.1, -0.05) is 36.4 Å². The highest BCUT2D eigenvalue weighted by Crippen LogP contribution is 2.22. The summed E-state index contributed by atoms with van der Waals surface area (Å²) in [6, 6.07) is 14.8. The molecule has 0 saturated carbocycles. The van der Waals surface area contributed by atoms with Crippen LogP contribution in [0.15, 0.2) is 48.5 Å². The molecule has 2 rings (SSSR count). The molecule has 0 heterocycles. The summed E-state index contributed by atoms with van der Waals surface area (Å²) < 4.78 is 9.78. The number of nitrogens with one attached hydrogen (secondary N) is 1. The van der Waals surface area contributed by atoms with Gasteiger partial charge in [0.15, 0.2) is 6.61 Å². The monoisotopic (exact) mass is 284 g/mol. The Hall–Kier alpha value is -2.82. The van der Waals surface area contributed by atoms with Crippen molar-refractivity contribution in [2.75, 3.05) is 13.7 Å². The van der Waals surface area contributed by atoms with Crippen LogP contribution in [0.2, 0.25) is 0 Å². The first kappa shape index (κ1) is 14.6. The highest BCUT2D eigenvalue weighted by molar-refractivity contribution is 5.95. The lowest BCUT2D eigenvalue weighted by Gasteiger charge is -2.07. The van der Waals surface area contributed by atoms with Gasteiger partial charge in [0.2, 0.25) is 0 Å². The maximum absolute atomic E-state index is 11.0. The standard InChI is InChI=1S/C16H16N2O3/c1-20-15(19)10-21-14-8-6-12(7-9-14)11-2-4-13(5-3-11)16(17)18/h2-9H,10H2,1H3,(H3,17,18). The van der Waals surface area contributed by atoms with E-state index in [9.17, 15) is 4.79 Å². The van der Waals surface area contributed by atoms with E-state index >= 15 is 0 Å². The summed E-state index contributed by atoms with van der Waals surface area (Å²) in [5.41, 5.74) is 8.14. The number of hydrogen-bond donors (Lipinski definition) is 2. The molecule has 0 aliphatic rings. The SMILES string of the molecule is COC(=O)COc1ccc(-c2ccc(C(=N)N)cc2)cc1. The highest BCUT2D eigenvalue weighted by atomic mass is 16.6. The fraction of sp³-hybridized carbons (Fsp3) is 0.125. The molecular formula is C16H16N2O3. The van der Waals surface area contributed by atoms with Crippen LogP contribution in [0.25, 0.3) is 11.1 Å². The molecule has 2 aromatic rings. The van der Waals surface area contributed by atoms with Crippen LogP contribution in [0, 0.1) is 5.41 Å². The second kappa shape index (κ2) is 6.56. The van der Waals surface area contributed by atoms with Gasteiger partial charge in [-0.25, -0.2) is 4.79 Å². The molecule has 0 aromatic heterocycles. The Morgan fingerprint density at radius 3 is 2.05 bits per heavy atom. The van der Waals surface area contributed by atoms with Crippen molar-refractivity contribution in [3.8, 4) is 16.9 Å². The van der Waals surface area contributed by atoms with E-state index in [-0.39, 0.29) is 12.4 Å². The van der Waals surface area contributed by atoms with Gasteiger partial charge in [-0.05, 0) is 23.3 Å². The van der Waals surface area contributed by atoms with Gasteiger partial charge in [0.05, 0.1) is 7.11 Å². The lowest BCUT2D eigenvalue weighted by Crippen LogP contribution is -2.12. The molecule has 5 heteroatoms. The predicted molar refractivity (Wildman–Crippen MR) is 80.4 cm³/mol. The minimum atomic E-state index is -0.418.